The Labute approximate surface area is 94.8 Å². The number of anilines is 1. The van der Waals surface area contributed by atoms with Crippen LogP contribution in [0.25, 0.3) is 0 Å². The summed E-state index contributed by atoms with van der Waals surface area (Å²) in [5.74, 6) is -0.456. The van der Waals surface area contributed by atoms with Gasteiger partial charge in [-0.25, -0.2) is 9.80 Å². The number of benzene rings is 1. The molecule has 0 spiro atoms. The topological polar surface area (TPSA) is 41.9 Å². The Balaban J connectivity index is 2.93. The summed E-state index contributed by atoms with van der Waals surface area (Å²) in [6, 6.07) is 9.41. The van der Waals surface area contributed by atoms with E-state index in [4.69, 9.17) is 0 Å². The lowest BCUT2D eigenvalue weighted by atomic mass is 10.3. The average molecular weight is 218 g/mol. The van der Waals surface area contributed by atoms with Crippen molar-refractivity contribution in [3.63, 3.8) is 0 Å². The molecule has 16 heavy (non-hydrogen) atoms. The molecule has 0 saturated carbocycles. The molecule has 4 nitrogen and oxygen atoms in total. The Kier molecular flexibility index (Phi) is 4.27. The maximum Gasteiger partial charge on any atom is 0.353 e. The smallest absolute Gasteiger partial charge is 0.353 e. The Morgan fingerprint density at radius 3 is 2.56 bits per heavy atom. The molecule has 4 heteroatoms. The Morgan fingerprint density at radius 1 is 1.44 bits per heavy atom. The fourth-order valence-electron chi connectivity index (χ4n) is 1.13. The van der Waals surface area contributed by atoms with Crippen LogP contribution in [0.2, 0.25) is 0 Å². The summed E-state index contributed by atoms with van der Waals surface area (Å²) in [4.78, 5) is 11.2. The predicted octanol–water partition coefficient (Wildman–Crippen LogP) is 2.19. The number of hydrogen-bond donors (Lipinski definition) is 0. The number of para-hydroxylation sites is 1. The molecule has 0 aliphatic rings. The van der Waals surface area contributed by atoms with Gasteiger partial charge in [-0.1, -0.05) is 24.8 Å². The van der Waals surface area contributed by atoms with Crippen LogP contribution in [0.1, 0.15) is 6.92 Å². The van der Waals surface area contributed by atoms with E-state index in [1.165, 1.54) is 18.3 Å². The Hall–Kier alpha value is -2.10. The third-order valence-corrected chi connectivity index (χ3v) is 1.93. The molecular formula is C12H14N2O2. The van der Waals surface area contributed by atoms with Gasteiger partial charge in [-0.2, -0.15) is 5.10 Å². The van der Waals surface area contributed by atoms with Gasteiger partial charge < -0.3 is 4.74 Å². The third kappa shape index (κ3) is 2.95. The second-order valence-electron chi connectivity index (χ2n) is 3.04. The first-order valence-electron chi connectivity index (χ1n) is 4.79. The van der Waals surface area contributed by atoms with Crippen LogP contribution in [-0.2, 0) is 9.53 Å². The minimum absolute atomic E-state index is 0.270. The summed E-state index contributed by atoms with van der Waals surface area (Å²) >= 11 is 0. The number of ether oxygens (including phenoxy) is 1. The van der Waals surface area contributed by atoms with Crippen LogP contribution in [0.3, 0.4) is 0 Å². The molecule has 1 aromatic carbocycles. The van der Waals surface area contributed by atoms with E-state index in [0.717, 1.165) is 5.69 Å². The zero-order valence-corrected chi connectivity index (χ0v) is 9.38. The van der Waals surface area contributed by atoms with Crippen molar-refractivity contribution < 1.29 is 9.53 Å². The summed E-state index contributed by atoms with van der Waals surface area (Å²) < 4.78 is 4.56. The molecular weight excluding hydrogens is 204 g/mol. The van der Waals surface area contributed by atoms with Gasteiger partial charge in [0.1, 0.15) is 5.71 Å². The van der Waals surface area contributed by atoms with Crippen molar-refractivity contribution in [1.29, 1.82) is 0 Å². The molecule has 0 saturated heterocycles. The van der Waals surface area contributed by atoms with E-state index in [0.29, 0.717) is 0 Å². The quantitative estimate of drug-likeness (QED) is 0.442. The van der Waals surface area contributed by atoms with Gasteiger partial charge in [0, 0.05) is 6.20 Å². The van der Waals surface area contributed by atoms with Crippen LogP contribution in [0.4, 0.5) is 5.69 Å². The number of esters is 1. The van der Waals surface area contributed by atoms with Crippen LogP contribution in [0.5, 0.6) is 0 Å². The first-order valence-corrected chi connectivity index (χ1v) is 4.79. The lowest BCUT2D eigenvalue weighted by Crippen LogP contribution is -2.17. The van der Waals surface area contributed by atoms with Crippen LogP contribution in [0.15, 0.2) is 48.2 Å². The molecule has 1 rings (SSSR count). The van der Waals surface area contributed by atoms with E-state index >= 15 is 0 Å². The van der Waals surface area contributed by atoms with Gasteiger partial charge in [-0.15, -0.1) is 0 Å². The standard InChI is InChI=1S/C12H14N2O2/c1-4-14(11-8-6-5-7-9-11)13-10(2)12(15)16-3/h4-9H,1H2,2-3H3/b13-10+. The van der Waals surface area contributed by atoms with Crippen molar-refractivity contribution in [1.82, 2.24) is 0 Å². The predicted molar refractivity (Wildman–Crippen MR) is 64.2 cm³/mol. The maximum absolute atomic E-state index is 11.2. The van der Waals surface area contributed by atoms with Crippen molar-refractivity contribution in [2.45, 2.75) is 6.92 Å². The second-order valence-corrected chi connectivity index (χ2v) is 3.04. The molecule has 0 fully saturated rings. The highest BCUT2D eigenvalue weighted by Gasteiger charge is 2.07. The first kappa shape index (κ1) is 12.0. The second kappa shape index (κ2) is 5.70. The van der Waals surface area contributed by atoms with E-state index < -0.39 is 5.97 Å². The minimum atomic E-state index is -0.456. The Morgan fingerprint density at radius 2 is 2.06 bits per heavy atom. The zero-order valence-electron chi connectivity index (χ0n) is 9.38. The summed E-state index contributed by atoms with van der Waals surface area (Å²) in [7, 11) is 1.32. The largest absolute Gasteiger partial charge is 0.464 e. The van der Waals surface area contributed by atoms with Crippen LogP contribution in [-0.4, -0.2) is 18.8 Å². The molecule has 84 valence electrons. The average Bonchev–Trinajstić information content (AvgIpc) is 2.35. The number of rotatable bonds is 4. The SMILES string of the molecule is C=CN(/N=C(\C)C(=O)OC)c1ccccc1. The summed E-state index contributed by atoms with van der Waals surface area (Å²) in [6.07, 6.45) is 1.53. The summed E-state index contributed by atoms with van der Waals surface area (Å²) in [5, 5.41) is 5.61. The number of nitrogens with zero attached hydrogens (tertiary/aromatic N) is 2. The molecule has 0 radical (unpaired) electrons. The van der Waals surface area contributed by atoms with E-state index in [1.807, 2.05) is 30.3 Å². The maximum atomic E-state index is 11.2. The van der Waals surface area contributed by atoms with Crippen LogP contribution < -0.4 is 5.01 Å². The number of hydrazone groups is 1. The van der Waals surface area contributed by atoms with Crippen molar-refractivity contribution in [2.24, 2.45) is 5.10 Å². The fourth-order valence-corrected chi connectivity index (χ4v) is 1.13. The molecule has 1 aromatic rings. The van der Waals surface area contributed by atoms with Gasteiger partial charge in [0.2, 0.25) is 0 Å². The molecule has 0 aliphatic carbocycles. The molecule has 0 aliphatic heterocycles. The molecule has 0 bridgehead atoms. The van der Waals surface area contributed by atoms with E-state index in [9.17, 15) is 4.79 Å². The van der Waals surface area contributed by atoms with Crippen LogP contribution >= 0.6 is 0 Å². The molecule has 0 atom stereocenters. The number of hydrogen-bond acceptors (Lipinski definition) is 4. The third-order valence-electron chi connectivity index (χ3n) is 1.93. The van der Waals surface area contributed by atoms with E-state index in [-0.39, 0.29) is 5.71 Å². The van der Waals surface area contributed by atoms with Crippen molar-refractivity contribution in [3.05, 3.63) is 43.1 Å². The fraction of sp³-hybridized carbons (Fsp3) is 0.167. The highest BCUT2D eigenvalue weighted by Crippen LogP contribution is 2.13. The zero-order chi connectivity index (χ0) is 12.0. The number of carbonyl (C=O) groups is 1. The van der Waals surface area contributed by atoms with Crippen molar-refractivity contribution in [2.75, 3.05) is 12.1 Å². The molecule has 0 unspecified atom stereocenters. The molecule has 0 N–H and O–H groups in total. The van der Waals surface area contributed by atoms with Gasteiger partial charge in [0.15, 0.2) is 0 Å². The van der Waals surface area contributed by atoms with Gasteiger partial charge in [0.25, 0.3) is 0 Å². The van der Waals surface area contributed by atoms with Gasteiger partial charge in [-0.3, -0.25) is 0 Å². The highest BCUT2D eigenvalue weighted by molar-refractivity contribution is 6.35. The van der Waals surface area contributed by atoms with E-state index in [2.05, 4.69) is 16.4 Å². The van der Waals surface area contributed by atoms with Gasteiger partial charge >= 0.3 is 5.97 Å². The molecule has 0 amide bonds. The monoisotopic (exact) mass is 218 g/mol. The minimum Gasteiger partial charge on any atom is -0.464 e. The Bertz CT molecular complexity index is 399. The normalized spacial score (nSPS) is 10.8. The van der Waals surface area contributed by atoms with E-state index in [1.54, 1.807) is 6.92 Å². The molecule has 0 heterocycles. The lowest BCUT2D eigenvalue weighted by Gasteiger charge is -2.14. The number of methoxy groups -OCH3 is 1. The first-order chi connectivity index (χ1) is 7.69. The van der Waals surface area contributed by atoms with Crippen LogP contribution in [0, 0.1) is 0 Å². The van der Waals surface area contributed by atoms with Gasteiger partial charge in [-0.05, 0) is 19.1 Å². The molecule has 0 aromatic heterocycles. The summed E-state index contributed by atoms with van der Waals surface area (Å²) in [6.45, 7) is 5.23. The lowest BCUT2D eigenvalue weighted by molar-refractivity contribution is -0.132. The highest BCUT2D eigenvalue weighted by atomic mass is 16.5. The van der Waals surface area contributed by atoms with Crippen molar-refractivity contribution >= 4 is 17.4 Å². The van der Waals surface area contributed by atoms with Gasteiger partial charge in [0.05, 0.1) is 12.8 Å². The number of carbonyl (C=O) groups excluding carboxylic acids is 1. The summed E-state index contributed by atoms with van der Waals surface area (Å²) in [5.41, 5.74) is 1.10. The van der Waals surface area contributed by atoms with Crippen molar-refractivity contribution in [3.8, 4) is 0 Å².